The van der Waals surface area contributed by atoms with Gasteiger partial charge in [-0.05, 0) is 69.5 Å². The van der Waals surface area contributed by atoms with Gasteiger partial charge >= 0.3 is 0 Å². The number of rotatable bonds is 3. The van der Waals surface area contributed by atoms with Gasteiger partial charge in [0.15, 0.2) is 0 Å². The Morgan fingerprint density at radius 2 is 1.74 bits per heavy atom. The zero-order valence-corrected chi connectivity index (χ0v) is 22.9. The lowest BCUT2D eigenvalue weighted by molar-refractivity contribution is -0.126. The molecule has 0 saturated heterocycles. The second-order valence-electron chi connectivity index (χ2n) is 10.2. The van der Waals surface area contributed by atoms with Crippen LogP contribution in [0, 0.1) is 6.92 Å². The van der Waals surface area contributed by atoms with Gasteiger partial charge in [-0.2, -0.15) is 5.10 Å². The number of amides is 1. The molecule has 1 aliphatic carbocycles. The minimum atomic E-state index is -0.117. The summed E-state index contributed by atoms with van der Waals surface area (Å²) in [5.74, 6) is -0.0933. The molecule has 7 heteroatoms. The fraction of sp³-hybridized carbons (Fsp3) is 0.323. The molecular weight excluding hydrogens is 492 g/mol. The third-order valence-electron chi connectivity index (χ3n) is 7.72. The van der Waals surface area contributed by atoms with Gasteiger partial charge in [0.05, 0.1) is 28.7 Å². The number of carbonyl (C=O) groups excluding carboxylic acids is 1. The Bertz CT molecular complexity index is 1660. The first-order valence-corrected chi connectivity index (χ1v) is 14.3. The van der Waals surface area contributed by atoms with Crippen molar-refractivity contribution >= 4 is 46.0 Å². The Morgan fingerprint density at radius 1 is 0.974 bits per heavy atom. The SMILES string of the molecule is CCN1/C(=c2/s/c(=C3/C(=O)N(C4CCCCC4)N=C3C)n(-c3ccccc3)c2=O)C=Cc2cc(C)ccc21. The summed E-state index contributed by atoms with van der Waals surface area (Å²) >= 11 is 1.39. The number of benzene rings is 2. The normalized spacial score (nSPS) is 20.7. The minimum absolute atomic E-state index is 0.0933. The maximum absolute atomic E-state index is 14.2. The van der Waals surface area contributed by atoms with Crippen LogP contribution in [0.15, 0.2) is 64.5 Å². The first-order chi connectivity index (χ1) is 18.5. The molecule has 0 radical (unpaired) electrons. The van der Waals surface area contributed by atoms with Gasteiger partial charge in [-0.3, -0.25) is 14.2 Å². The summed E-state index contributed by atoms with van der Waals surface area (Å²) in [7, 11) is 0. The van der Waals surface area contributed by atoms with Crippen LogP contribution in [-0.4, -0.2) is 33.8 Å². The van der Waals surface area contributed by atoms with E-state index in [1.807, 2.05) is 43.3 Å². The summed E-state index contributed by atoms with van der Waals surface area (Å²) in [6.45, 7) is 6.80. The number of para-hydroxylation sites is 1. The molecule has 2 aromatic carbocycles. The lowest BCUT2D eigenvalue weighted by Gasteiger charge is -2.29. The molecule has 38 heavy (non-hydrogen) atoms. The van der Waals surface area contributed by atoms with E-state index >= 15 is 0 Å². The summed E-state index contributed by atoms with van der Waals surface area (Å²) in [6, 6.07) is 16.1. The van der Waals surface area contributed by atoms with Crippen LogP contribution in [0.1, 0.15) is 57.1 Å². The van der Waals surface area contributed by atoms with E-state index in [1.165, 1.54) is 23.3 Å². The number of aromatic nitrogens is 1. The Morgan fingerprint density at radius 3 is 2.47 bits per heavy atom. The number of aryl methyl sites for hydroxylation is 1. The lowest BCUT2D eigenvalue weighted by atomic mass is 9.95. The van der Waals surface area contributed by atoms with Crippen molar-refractivity contribution in [3.05, 3.63) is 85.3 Å². The number of nitrogens with zero attached hydrogens (tertiary/aromatic N) is 4. The predicted octanol–water partition coefficient (Wildman–Crippen LogP) is 4.57. The fourth-order valence-electron chi connectivity index (χ4n) is 5.84. The van der Waals surface area contributed by atoms with E-state index in [1.54, 1.807) is 9.58 Å². The molecule has 0 atom stereocenters. The first-order valence-electron chi connectivity index (χ1n) is 13.5. The summed E-state index contributed by atoms with van der Waals surface area (Å²) in [5.41, 5.74) is 6.13. The van der Waals surface area contributed by atoms with Crippen LogP contribution in [0.3, 0.4) is 0 Å². The van der Waals surface area contributed by atoms with E-state index in [4.69, 9.17) is 5.10 Å². The van der Waals surface area contributed by atoms with Crippen LogP contribution in [0.5, 0.6) is 0 Å². The fourth-order valence-corrected chi connectivity index (χ4v) is 7.11. The smallest absolute Gasteiger partial charge is 0.279 e. The quantitative estimate of drug-likeness (QED) is 0.504. The second-order valence-corrected chi connectivity index (χ2v) is 11.2. The Labute approximate surface area is 226 Å². The highest BCUT2D eigenvalue weighted by molar-refractivity contribution is 7.08. The molecular formula is C31H32N4O2S. The molecule has 6 nitrogen and oxygen atoms in total. The zero-order valence-electron chi connectivity index (χ0n) is 22.1. The molecule has 1 saturated carbocycles. The molecule has 0 N–H and O–H groups in total. The molecule has 3 aromatic rings. The molecule has 2 aliphatic heterocycles. The summed E-state index contributed by atoms with van der Waals surface area (Å²) in [5, 5.41) is 6.42. The largest absolute Gasteiger partial charge is 0.340 e. The Hall–Kier alpha value is -3.71. The number of likely N-dealkylation sites (N-methyl/N-ethyl adjacent to an activating group) is 1. The van der Waals surface area contributed by atoms with E-state index in [0.29, 0.717) is 20.5 Å². The van der Waals surface area contributed by atoms with Gasteiger partial charge in [-0.25, -0.2) is 5.01 Å². The lowest BCUT2D eigenvalue weighted by Crippen LogP contribution is -2.38. The van der Waals surface area contributed by atoms with Crippen molar-refractivity contribution in [1.82, 2.24) is 9.58 Å². The van der Waals surface area contributed by atoms with Crippen molar-refractivity contribution in [1.29, 1.82) is 0 Å². The highest BCUT2D eigenvalue weighted by Crippen LogP contribution is 2.32. The number of anilines is 1. The zero-order chi connectivity index (χ0) is 26.4. The topological polar surface area (TPSA) is 57.9 Å². The van der Waals surface area contributed by atoms with Crippen LogP contribution >= 0.6 is 11.3 Å². The minimum Gasteiger partial charge on any atom is -0.340 e. The van der Waals surface area contributed by atoms with E-state index in [0.717, 1.165) is 54.9 Å². The van der Waals surface area contributed by atoms with Gasteiger partial charge < -0.3 is 4.90 Å². The van der Waals surface area contributed by atoms with Crippen molar-refractivity contribution in [3.8, 4) is 5.69 Å². The van der Waals surface area contributed by atoms with E-state index < -0.39 is 0 Å². The van der Waals surface area contributed by atoms with Gasteiger partial charge in [-0.15, -0.1) is 11.3 Å². The maximum Gasteiger partial charge on any atom is 0.279 e. The van der Waals surface area contributed by atoms with E-state index in [2.05, 4.69) is 43.0 Å². The van der Waals surface area contributed by atoms with Crippen LogP contribution in [0.25, 0.3) is 23.0 Å². The van der Waals surface area contributed by atoms with Gasteiger partial charge in [0.2, 0.25) is 0 Å². The predicted molar refractivity (Wildman–Crippen MR) is 156 cm³/mol. The number of hydrazone groups is 1. The molecule has 3 aliphatic rings. The van der Waals surface area contributed by atoms with Gasteiger partial charge in [0, 0.05) is 12.2 Å². The summed E-state index contributed by atoms with van der Waals surface area (Å²) < 4.78 is 2.97. The van der Waals surface area contributed by atoms with Crippen molar-refractivity contribution in [3.63, 3.8) is 0 Å². The van der Waals surface area contributed by atoms with Crippen molar-refractivity contribution in [2.24, 2.45) is 5.10 Å². The molecule has 0 bridgehead atoms. The van der Waals surface area contributed by atoms with Crippen LogP contribution in [-0.2, 0) is 4.79 Å². The molecule has 6 rings (SSSR count). The number of hydrogen-bond donors (Lipinski definition) is 0. The van der Waals surface area contributed by atoms with Crippen LogP contribution < -0.4 is 19.7 Å². The molecule has 1 amide bonds. The monoisotopic (exact) mass is 524 g/mol. The van der Waals surface area contributed by atoms with Gasteiger partial charge in [-0.1, -0.05) is 55.2 Å². The number of carbonyl (C=O) groups is 1. The number of thiazole rings is 1. The van der Waals surface area contributed by atoms with Crippen molar-refractivity contribution in [2.75, 3.05) is 11.4 Å². The van der Waals surface area contributed by atoms with Crippen molar-refractivity contribution < 1.29 is 4.79 Å². The Kier molecular flexibility index (Phi) is 6.40. The summed E-state index contributed by atoms with van der Waals surface area (Å²) in [4.78, 5) is 30.2. The van der Waals surface area contributed by atoms with E-state index in [9.17, 15) is 9.59 Å². The highest BCUT2D eigenvalue weighted by Gasteiger charge is 2.35. The van der Waals surface area contributed by atoms with Gasteiger partial charge in [0.1, 0.15) is 9.20 Å². The molecule has 1 aromatic heterocycles. The third kappa shape index (κ3) is 4.06. The second kappa shape index (κ2) is 9.87. The van der Waals surface area contributed by atoms with E-state index in [-0.39, 0.29) is 17.5 Å². The molecule has 1 fully saturated rings. The average Bonchev–Trinajstić information content (AvgIpc) is 3.43. The van der Waals surface area contributed by atoms with Gasteiger partial charge in [0.25, 0.3) is 11.5 Å². The molecule has 194 valence electrons. The van der Waals surface area contributed by atoms with Crippen LogP contribution in [0.4, 0.5) is 5.69 Å². The molecule has 0 spiro atoms. The number of hydrogen-bond acceptors (Lipinski definition) is 5. The van der Waals surface area contributed by atoms with Crippen LogP contribution in [0.2, 0.25) is 0 Å². The average molecular weight is 525 g/mol. The molecule has 0 unspecified atom stereocenters. The standard InChI is InChI=1S/C31H32N4O2S/c1-4-33-25-17-15-20(2)19-22(25)16-18-26(33)28-30(37)34(23-11-7-5-8-12-23)31(38-28)27-21(3)32-35(29(27)36)24-13-9-6-10-14-24/h5,7-8,11-12,15-19,24H,4,6,9-10,13-14H2,1-3H3/b28-26+,31-27+. The first kappa shape index (κ1) is 24.6. The Balaban J connectivity index is 1.61. The number of fused-ring (bicyclic) bond motifs is 1. The maximum atomic E-state index is 14.2. The highest BCUT2D eigenvalue weighted by atomic mass is 32.1. The van der Waals surface area contributed by atoms with Crippen molar-refractivity contribution in [2.45, 2.75) is 58.9 Å². The molecule has 3 heterocycles. The third-order valence-corrected chi connectivity index (χ3v) is 8.89. The summed E-state index contributed by atoms with van der Waals surface area (Å²) in [6.07, 6.45) is 9.52.